The van der Waals surface area contributed by atoms with Crippen LogP contribution in [0.25, 0.3) is 0 Å². The molecule has 0 radical (unpaired) electrons. The minimum Gasteiger partial charge on any atom is -0.380 e. The zero-order valence-corrected chi connectivity index (χ0v) is 22.4. The maximum Gasteiger partial charge on any atom is 0.172 e. The van der Waals surface area contributed by atoms with Crippen LogP contribution >= 0.6 is 0 Å². The van der Waals surface area contributed by atoms with Crippen LogP contribution in [-0.4, -0.2) is 58.4 Å². The Hall–Kier alpha value is -2.37. The lowest BCUT2D eigenvalue weighted by molar-refractivity contribution is -0.127. The predicted octanol–water partition coefficient (Wildman–Crippen LogP) is 5.89. The van der Waals surface area contributed by atoms with Crippen LogP contribution in [0.4, 0.5) is 11.4 Å². The first-order valence-corrected chi connectivity index (χ1v) is 12.8. The van der Waals surface area contributed by atoms with E-state index in [0.29, 0.717) is 0 Å². The smallest absolute Gasteiger partial charge is 0.172 e. The fourth-order valence-electron chi connectivity index (χ4n) is 5.14. The van der Waals surface area contributed by atoms with Crippen LogP contribution in [0.1, 0.15) is 64.5 Å². The molecule has 2 aromatic carbocycles. The van der Waals surface area contributed by atoms with Gasteiger partial charge < -0.3 is 19.3 Å². The largest absolute Gasteiger partial charge is 0.380 e. The van der Waals surface area contributed by atoms with Gasteiger partial charge in [-0.05, 0) is 63.1 Å². The number of ketones is 1. The van der Waals surface area contributed by atoms with Gasteiger partial charge in [-0.3, -0.25) is 4.79 Å². The molecule has 2 aromatic rings. The van der Waals surface area contributed by atoms with Crippen LogP contribution in [0.2, 0.25) is 0 Å². The Morgan fingerprint density at radius 3 is 1.44 bits per heavy atom. The highest BCUT2D eigenvalue weighted by Gasteiger charge is 2.51. The second-order valence-corrected chi connectivity index (χ2v) is 8.29. The van der Waals surface area contributed by atoms with Crippen LogP contribution in [0.5, 0.6) is 0 Å². The molecule has 0 aliphatic heterocycles. The van der Waals surface area contributed by atoms with Gasteiger partial charge in [-0.1, -0.05) is 38.1 Å². The minimum atomic E-state index is -0.522. The topological polar surface area (TPSA) is 42.0 Å². The van der Waals surface area contributed by atoms with Crippen molar-refractivity contribution in [3.05, 3.63) is 59.7 Å². The summed E-state index contributed by atoms with van der Waals surface area (Å²) in [6.07, 6.45) is -0.794. The molecule has 0 spiro atoms. The van der Waals surface area contributed by atoms with E-state index in [4.69, 9.17) is 9.47 Å². The van der Waals surface area contributed by atoms with Crippen molar-refractivity contribution in [2.24, 2.45) is 0 Å². The van der Waals surface area contributed by atoms with Gasteiger partial charge in [0.2, 0.25) is 0 Å². The zero-order valence-electron chi connectivity index (χ0n) is 22.4. The van der Waals surface area contributed by atoms with E-state index in [0.717, 1.165) is 37.3 Å². The molecule has 5 nitrogen and oxygen atoms in total. The molecule has 4 atom stereocenters. The molecular formula is C29H44N2O3. The molecule has 0 saturated heterocycles. The lowest BCUT2D eigenvalue weighted by atomic mass is 9.89. The number of carbonyl (C=O) groups is 1. The van der Waals surface area contributed by atoms with E-state index in [9.17, 15) is 4.79 Å². The van der Waals surface area contributed by atoms with E-state index in [2.05, 4.69) is 86.0 Å². The van der Waals surface area contributed by atoms with E-state index in [-0.39, 0.29) is 23.7 Å². The van der Waals surface area contributed by atoms with Gasteiger partial charge in [-0.2, -0.15) is 0 Å². The number of Topliss-reactive ketones (excluding diaryl/α,β-unsaturated/α-hetero) is 1. The third-order valence-electron chi connectivity index (χ3n) is 6.91. The first-order valence-electron chi connectivity index (χ1n) is 12.8. The standard InChI is InChI=1S/C27H38N2O3.C2H6/c1-7-28(8-2)21-15-11-19(12-16-21)23-25(30)27(32-6)24(26(23)31-5)20-13-17-22(18-14-20)29(9-3)10-4;1-2/h11-18,23-24,26-27H,7-10H2,1-6H3;1-2H3. The van der Waals surface area contributed by atoms with E-state index in [1.54, 1.807) is 14.2 Å². The second kappa shape index (κ2) is 13.5. The lowest BCUT2D eigenvalue weighted by Crippen LogP contribution is -2.26. The summed E-state index contributed by atoms with van der Waals surface area (Å²) in [5.41, 5.74) is 4.43. The molecule has 188 valence electrons. The van der Waals surface area contributed by atoms with E-state index >= 15 is 0 Å². The third kappa shape index (κ3) is 5.64. The number of ether oxygens (including phenoxy) is 2. The number of nitrogens with zero attached hydrogens (tertiary/aromatic N) is 2. The van der Waals surface area contributed by atoms with Crippen molar-refractivity contribution in [2.75, 3.05) is 50.2 Å². The van der Waals surface area contributed by atoms with Gasteiger partial charge in [0.25, 0.3) is 0 Å². The van der Waals surface area contributed by atoms with Gasteiger partial charge in [0, 0.05) is 57.7 Å². The number of carbonyl (C=O) groups excluding carboxylic acids is 1. The van der Waals surface area contributed by atoms with Crippen molar-refractivity contribution in [2.45, 2.75) is 65.6 Å². The Bertz CT molecular complexity index is 858. The highest BCUT2D eigenvalue weighted by molar-refractivity contribution is 5.94. The first-order chi connectivity index (χ1) is 16.5. The van der Waals surface area contributed by atoms with E-state index in [1.807, 2.05) is 13.8 Å². The minimum absolute atomic E-state index is 0.0905. The van der Waals surface area contributed by atoms with Crippen LogP contribution < -0.4 is 9.80 Å². The van der Waals surface area contributed by atoms with Gasteiger partial charge in [0.05, 0.1) is 12.0 Å². The number of hydrogen-bond donors (Lipinski definition) is 0. The predicted molar refractivity (Wildman–Crippen MR) is 143 cm³/mol. The van der Waals surface area contributed by atoms with Gasteiger partial charge in [0.1, 0.15) is 6.10 Å². The molecule has 1 aliphatic carbocycles. The van der Waals surface area contributed by atoms with Crippen molar-refractivity contribution >= 4 is 17.2 Å². The van der Waals surface area contributed by atoms with Gasteiger partial charge >= 0.3 is 0 Å². The van der Waals surface area contributed by atoms with Crippen molar-refractivity contribution in [1.29, 1.82) is 0 Å². The monoisotopic (exact) mass is 468 g/mol. The number of benzene rings is 2. The Labute approximate surface area is 207 Å². The quantitative estimate of drug-likeness (QED) is 0.435. The summed E-state index contributed by atoms with van der Waals surface area (Å²) in [5.74, 6) is -0.397. The average molecular weight is 469 g/mol. The molecule has 5 heteroatoms. The molecule has 0 amide bonds. The Kier molecular flexibility index (Phi) is 11.1. The summed E-state index contributed by atoms with van der Waals surface area (Å²) in [4.78, 5) is 18.1. The molecule has 3 rings (SSSR count). The molecule has 0 bridgehead atoms. The SMILES string of the molecule is CC.CCN(CC)c1ccc(C2C(=O)C(OC)C(c3ccc(N(CC)CC)cc3)C2OC)cc1. The first kappa shape index (κ1) is 27.9. The molecule has 1 aliphatic rings. The van der Waals surface area contributed by atoms with Crippen LogP contribution in [0.3, 0.4) is 0 Å². The summed E-state index contributed by atoms with van der Waals surface area (Å²) in [5, 5.41) is 0. The van der Waals surface area contributed by atoms with E-state index in [1.165, 1.54) is 11.4 Å². The number of rotatable bonds is 10. The average Bonchev–Trinajstić information content (AvgIpc) is 3.18. The molecular weight excluding hydrogens is 424 g/mol. The Morgan fingerprint density at radius 2 is 1.09 bits per heavy atom. The van der Waals surface area contributed by atoms with Gasteiger partial charge in [-0.25, -0.2) is 0 Å². The van der Waals surface area contributed by atoms with E-state index < -0.39 is 6.10 Å². The highest BCUT2D eigenvalue weighted by atomic mass is 16.5. The summed E-state index contributed by atoms with van der Waals surface area (Å²) in [7, 11) is 3.32. The van der Waals surface area contributed by atoms with Crippen molar-refractivity contribution in [1.82, 2.24) is 0 Å². The van der Waals surface area contributed by atoms with Gasteiger partial charge in [0.15, 0.2) is 5.78 Å². The maximum atomic E-state index is 13.5. The number of hydrogen-bond acceptors (Lipinski definition) is 5. The zero-order chi connectivity index (χ0) is 25.3. The molecule has 4 unspecified atom stereocenters. The van der Waals surface area contributed by atoms with Gasteiger partial charge in [-0.15, -0.1) is 0 Å². The van der Waals surface area contributed by atoms with Crippen LogP contribution in [0.15, 0.2) is 48.5 Å². The summed E-state index contributed by atoms with van der Waals surface area (Å²) in [6.45, 7) is 16.5. The molecule has 34 heavy (non-hydrogen) atoms. The molecule has 1 fully saturated rings. The summed E-state index contributed by atoms with van der Waals surface area (Å²) in [6, 6.07) is 16.9. The van der Waals surface area contributed by atoms with Crippen molar-refractivity contribution in [3.8, 4) is 0 Å². The van der Waals surface area contributed by atoms with Crippen LogP contribution in [0, 0.1) is 0 Å². The maximum absolute atomic E-state index is 13.5. The normalized spacial score (nSPS) is 21.7. The lowest BCUT2D eigenvalue weighted by Gasteiger charge is -2.26. The Morgan fingerprint density at radius 1 is 0.676 bits per heavy atom. The highest BCUT2D eigenvalue weighted by Crippen LogP contribution is 2.45. The van der Waals surface area contributed by atoms with Crippen molar-refractivity contribution in [3.63, 3.8) is 0 Å². The Balaban J connectivity index is 0.00000199. The van der Waals surface area contributed by atoms with Crippen LogP contribution in [-0.2, 0) is 14.3 Å². The molecule has 0 aromatic heterocycles. The second-order valence-electron chi connectivity index (χ2n) is 8.29. The molecule has 0 N–H and O–H groups in total. The summed E-state index contributed by atoms with van der Waals surface area (Å²) < 4.78 is 11.7. The fraction of sp³-hybridized carbons (Fsp3) is 0.552. The number of anilines is 2. The summed E-state index contributed by atoms with van der Waals surface area (Å²) >= 11 is 0. The number of methoxy groups -OCH3 is 2. The molecule has 0 heterocycles. The van der Waals surface area contributed by atoms with Crippen molar-refractivity contribution < 1.29 is 14.3 Å². The third-order valence-corrected chi connectivity index (χ3v) is 6.91. The fourth-order valence-corrected chi connectivity index (χ4v) is 5.14. The molecule has 1 saturated carbocycles.